The molecule has 1 aliphatic rings. The van der Waals surface area contributed by atoms with Gasteiger partial charge in [0.1, 0.15) is 5.00 Å². The fourth-order valence-corrected chi connectivity index (χ4v) is 5.09. The molecule has 3 rings (SSSR count). The third-order valence-corrected chi connectivity index (χ3v) is 6.38. The maximum Gasteiger partial charge on any atom is 0.409 e. The number of methoxy groups -OCH3 is 1. The molecule has 3 amide bonds. The van der Waals surface area contributed by atoms with Crippen LogP contribution < -0.4 is 11.1 Å². The Kier molecular flexibility index (Phi) is 6.25. The number of rotatable bonds is 5. The van der Waals surface area contributed by atoms with Gasteiger partial charge in [-0.15, -0.1) is 23.1 Å². The predicted octanol–water partition coefficient (Wildman–Crippen LogP) is 3.34. The van der Waals surface area contributed by atoms with E-state index in [0.29, 0.717) is 35.6 Å². The molecule has 0 bridgehead atoms. The minimum absolute atomic E-state index is 0.301. The van der Waals surface area contributed by atoms with Gasteiger partial charge < -0.3 is 20.7 Å². The van der Waals surface area contributed by atoms with Gasteiger partial charge in [-0.2, -0.15) is 0 Å². The number of hydrogen-bond acceptors (Lipinski definition) is 6. The summed E-state index contributed by atoms with van der Waals surface area (Å²) in [5.74, 6) is 0.0182. The van der Waals surface area contributed by atoms with Crippen LogP contribution in [-0.2, 0) is 17.7 Å². The molecule has 148 valence electrons. The van der Waals surface area contributed by atoms with Crippen molar-refractivity contribution in [1.82, 2.24) is 4.90 Å². The van der Waals surface area contributed by atoms with Crippen LogP contribution in [0.1, 0.15) is 38.1 Å². The Morgan fingerprint density at radius 2 is 2.14 bits per heavy atom. The molecular weight excluding hydrogens is 398 g/mol. The summed E-state index contributed by atoms with van der Waals surface area (Å²) >= 11 is 2.92. The lowest BCUT2D eigenvalue weighted by atomic mass is 10.0. The Bertz CT molecular complexity index is 926. The maximum absolute atomic E-state index is 12.7. The first-order chi connectivity index (χ1) is 13.4. The monoisotopic (exact) mass is 419 g/mol. The lowest BCUT2D eigenvalue weighted by Gasteiger charge is -2.25. The largest absolute Gasteiger partial charge is 0.453 e. The number of ether oxygens (including phenoxy) is 1. The highest BCUT2D eigenvalue weighted by atomic mass is 32.2. The quantitative estimate of drug-likeness (QED) is 0.724. The number of thiophene rings is 1. The third kappa shape index (κ3) is 4.15. The first-order valence-electron chi connectivity index (χ1n) is 8.76. The fourth-order valence-electron chi connectivity index (χ4n) is 3.11. The SMILES string of the molecule is CCSc1cccc(C(=O)Nc2sc3c(c2C(N)=O)CCN(C(=O)OC)C3)c1. The fraction of sp³-hybridized carbons (Fsp3) is 0.316. The first kappa shape index (κ1) is 20.2. The summed E-state index contributed by atoms with van der Waals surface area (Å²) in [6, 6.07) is 7.33. The number of hydrogen-bond donors (Lipinski definition) is 2. The zero-order valence-corrected chi connectivity index (χ0v) is 17.2. The summed E-state index contributed by atoms with van der Waals surface area (Å²) in [5, 5.41) is 3.25. The van der Waals surface area contributed by atoms with E-state index in [1.54, 1.807) is 22.7 Å². The number of anilines is 1. The number of nitrogens with zero attached hydrogens (tertiary/aromatic N) is 1. The molecule has 1 aromatic carbocycles. The minimum Gasteiger partial charge on any atom is -0.453 e. The lowest BCUT2D eigenvalue weighted by molar-refractivity contribution is 0.0999. The van der Waals surface area contributed by atoms with Crippen molar-refractivity contribution in [2.24, 2.45) is 5.73 Å². The van der Waals surface area contributed by atoms with E-state index in [0.717, 1.165) is 21.1 Å². The van der Waals surface area contributed by atoms with Gasteiger partial charge >= 0.3 is 6.09 Å². The molecular formula is C19H21N3O4S2. The molecule has 0 aliphatic carbocycles. The highest BCUT2D eigenvalue weighted by Crippen LogP contribution is 2.37. The molecule has 7 nitrogen and oxygen atoms in total. The third-order valence-electron chi connectivity index (χ3n) is 4.37. The number of benzene rings is 1. The van der Waals surface area contributed by atoms with Crippen LogP contribution in [0.3, 0.4) is 0 Å². The Morgan fingerprint density at radius 1 is 1.36 bits per heavy atom. The van der Waals surface area contributed by atoms with Crippen molar-refractivity contribution in [1.29, 1.82) is 0 Å². The number of carbonyl (C=O) groups excluding carboxylic acids is 3. The van der Waals surface area contributed by atoms with Crippen molar-refractivity contribution in [2.45, 2.75) is 24.8 Å². The highest BCUT2D eigenvalue weighted by Gasteiger charge is 2.30. The van der Waals surface area contributed by atoms with Crippen molar-refractivity contribution in [3.05, 3.63) is 45.8 Å². The smallest absolute Gasteiger partial charge is 0.409 e. The molecule has 3 N–H and O–H groups in total. The molecule has 1 aromatic heterocycles. The number of nitrogens with one attached hydrogen (secondary N) is 1. The molecule has 0 saturated heterocycles. The summed E-state index contributed by atoms with van der Waals surface area (Å²) < 4.78 is 4.77. The minimum atomic E-state index is -0.588. The van der Waals surface area contributed by atoms with Gasteiger partial charge in [-0.25, -0.2) is 4.79 Å². The molecule has 0 fully saturated rings. The molecule has 9 heteroatoms. The number of carbonyl (C=O) groups is 3. The van der Waals surface area contributed by atoms with Gasteiger partial charge in [-0.3, -0.25) is 9.59 Å². The van der Waals surface area contributed by atoms with Crippen molar-refractivity contribution in [3.63, 3.8) is 0 Å². The second kappa shape index (κ2) is 8.66. The van der Waals surface area contributed by atoms with E-state index in [4.69, 9.17) is 10.5 Å². The number of fused-ring (bicyclic) bond motifs is 1. The summed E-state index contributed by atoms with van der Waals surface area (Å²) in [6.45, 7) is 2.80. The van der Waals surface area contributed by atoms with Crippen LogP contribution in [0.25, 0.3) is 0 Å². The first-order valence-corrected chi connectivity index (χ1v) is 10.6. The predicted molar refractivity (Wildman–Crippen MR) is 110 cm³/mol. The van der Waals surface area contributed by atoms with Gasteiger partial charge in [0.15, 0.2) is 0 Å². The van der Waals surface area contributed by atoms with Crippen LogP contribution in [0.2, 0.25) is 0 Å². The standard InChI is InChI=1S/C19H21N3O4S2/c1-3-27-12-6-4-5-11(9-12)17(24)21-18-15(16(20)23)13-7-8-22(19(25)26-2)10-14(13)28-18/h4-6,9H,3,7-8,10H2,1-2H3,(H2,20,23)(H,21,24). The van der Waals surface area contributed by atoms with E-state index in [9.17, 15) is 14.4 Å². The Morgan fingerprint density at radius 3 is 2.82 bits per heavy atom. The number of primary amides is 1. The van der Waals surface area contributed by atoms with E-state index in [-0.39, 0.29) is 5.91 Å². The second-order valence-electron chi connectivity index (χ2n) is 6.13. The van der Waals surface area contributed by atoms with Crippen molar-refractivity contribution in [3.8, 4) is 0 Å². The van der Waals surface area contributed by atoms with E-state index in [1.165, 1.54) is 18.4 Å². The summed E-state index contributed by atoms with van der Waals surface area (Å²) in [5.41, 5.74) is 7.23. The van der Waals surface area contributed by atoms with Crippen LogP contribution in [0.5, 0.6) is 0 Å². The molecule has 0 saturated carbocycles. The molecule has 2 aromatic rings. The average Bonchev–Trinajstić information content (AvgIpc) is 3.04. The molecule has 2 heterocycles. The van der Waals surface area contributed by atoms with Crippen LogP contribution in [0.4, 0.5) is 9.80 Å². The molecule has 0 spiro atoms. The topological polar surface area (TPSA) is 102 Å². The molecule has 0 radical (unpaired) electrons. The van der Waals surface area contributed by atoms with Gasteiger partial charge in [0.2, 0.25) is 0 Å². The van der Waals surface area contributed by atoms with Gasteiger partial charge in [0.25, 0.3) is 11.8 Å². The Balaban J connectivity index is 1.87. The van der Waals surface area contributed by atoms with E-state index in [1.807, 2.05) is 25.1 Å². The Hall–Kier alpha value is -2.52. The van der Waals surface area contributed by atoms with Gasteiger partial charge in [0, 0.05) is 21.9 Å². The van der Waals surface area contributed by atoms with Gasteiger partial charge in [0.05, 0.1) is 19.2 Å². The summed E-state index contributed by atoms with van der Waals surface area (Å²) in [7, 11) is 1.33. The highest BCUT2D eigenvalue weighted by molar-refractivity contribution is 7.99. The average molecular weight is 420 g/mol. The molecule has 0 unspecified atom stereocenters. The zero-order valence-electron chi connectivity index (χ0n) is 15.6. The van der Waals surface area contributed by atoms with Crippen molar-refractivity contribution >= 4 is 46.0 Å². The summed E-state index contributed by atoms with van der Waals surface area (Å²) in [4.78, 5) is 40.0. The number of amides is 3. The van der Waals surface area contributed by atoms with Crippen LogP contribution in [0, 0.1) is 0 Å². The van der Waals surface area contributed by atoms with Gasteiger partial charge in [-0.05, 0) is 35.9 Å². The van der Waals surface area contributed by atoms with Crippen LogP contribution >= 0.6 is 23.1 Å². The maximum atomic E-state index is 12.7. The molecule has 1 aliphatic heterocycles. The van der Waals surface area contributed by atoms with E-state index < -0.39 is 12.0 Å². The van der Waals surface area contributed by atoms with Crippen LogP contribution in [-0.4, -0.2) is 42.2 Å². The van der Waals surface area contributed by atoms with Crippen LogP contribution in [0.15, 0.2) is 29.2 Å². The van der Waals surface area contributed by atoms with E-state index in [2.05, 4.69) is 5.32 Å². The number of thioether (sulfide) groups is 1. The lowest BCUT2D eigenvalue weighted by Crippen LogP contribution is -2.35. The normalized spacial score (nSPS) is 13.0. The Labute approximate surface area is 171 Å². The van der Waals surface area contributed by atoms with Crippen molar-refractivity contribution in [2.75, 3.05) is 24.7 Å². The van der Waals surface area contributed by atoms with Gasteiger partial charge in [-0.1, -0.05) is 13.0 Å². The van der Waals surface area contributed by atoms with Crippen molar-refractivity contribution < 1.29 is 19.1 Å². The molecule has 28 heavy (non-hydrogen) atoms. The molecule has 0 atom stereocenters. The summed E-state index contributed by atoms with van der Waals surface area (Å²) in [6.07, 6.45) is 0.0630. The second-order valence-corrected chi connectivity index (χ2v) is 8.57. The van der Waals surface area contributed by atoms with E-state index >= 15 is 0 Å². The number of nitrogens with two attached hydrogens (primary N) is 1. The zero-order chi connectivity index (χ0) is 20.3.